The number of hydrogen-bond acceptors (Lipinski definition) is 6. The molecule has 3 aromatic carbocycles. The Hall–Kier alpha value is -3.85. The number of benzene rings is 3. The van der Waals surface area contributed by atoms with Gasteiger partial charge in [0.2, 0.25) is 0 Å². The Morgan fingerprint density at radius 3 is 2.49 bits per heavy atom. The fraction of sp³-hybridized carbons (Fsp3) is 0.231. The number of hydrogen-bond donors (Lipinski definition) is 1. The Morgan fingerprint density at radius 2 is 1.74 bits per heavy atom. The third-order valence-corrected chi connectivity index (χ3v) is 7.45. The van der Waals surface area contributed by atoms with Crippen molar-refractivity contribution in [1.82, 2.24) is 5.43 Å². The lowest BCUT2D eigenvalue weighted by atomic mass is 10.1. The molecule has 1 aliphatic rings. The van der Waals surface area contributed by atoms with E-state index in [4.69, 9.17) is 9.47 Å². The molecule has 0 spiro atoms. The lowest BCUT2D eigenvalue weighted by Gasteiger charge is -2.24. The van der Waals surface area contributed by atoms with E-state index in [-0.39, 0.29) is 4.90 Å². The monoisotopic (exact) mass is 493 g/mol. The molecule has 8 nitrogen and oxygen atoms in total. The van der Waals surface area contributed by atoms with Crippen LogP contribution in [0.15, 0.2) is 70.7 Å². The predicted molar refractivity (Wildman–Crippen MR) is 135 cm³/mol. The molecule has 4 rings (SSSR count). The molecule has 0 saturated carbocycles. The van der Waals surface area contributed by atoms with Gasteiger partial charge in [-0.2, -0.15) is 5.10 Å². The molecule has 0 atom stereocenters. The summed E-state index contributed by atoms with van der Waals surface area (Å²) in [4.78, 5) is 12.9. The van der Waals surface area contributed by atoms with Crippen LogP contribution >= 0.6 is 0 Å². The number of fused-ring (bicyclic) bond motifs is 1. The van der Waals surface area contributed by atoms with Crippen LogP contribution in [-0.4, -0.2) is 40.3 Å². The Morgan fingerprint density at radius 1 is 1.00 bits per heavy atom. The first-order valence-electron chi connectivity index (χ1n) is 11.1. The Balaban J connectivity index is 1.57. The van der Waals surface area contributed by atoms with Crippen molar-refractivity contribution in [3.8, 4) is 11.5 Å². The Kier molecular flexibility index (Phi) is 7.07. The normalized spacial score (nSPS) is 13.0. The summed E-state index contributed by atoms with van der Waals surface area (Å²) in [5.74, 6) is 0.573. The molecule has 1 amide bonds. The number of nitrogens with one attached hydrogen (secondary N) is 1. The van der Waals surface area contributed by atoms with Gasteiger partial charge in [-0.3, -0.25) is 9.10 Å². The molecule has 0 aromatic heterocycles. The number of hydrazone groups is 1. The van der Waals surface area contributed by atoms with E-state index in [1.165, 1.54) is 18.3 Å². The van der Waals surface area contributed by atoms with Gasteiger partial charge < -0.3 is 9.47 Å². The van der Waals surface area contributed by atoms with Gasteiger partial charge in [0.15, 0.2) is 11.5 Å². The van der Waals surface area contributed by atoms with Crippen LogP contribution < -0.4 is 19.2 Å². The summed E-state index contributed by atoms with van der Waals surface area (Å²) in [6.07, 6.45) is 1.44. The highest BCUT2D eigenvalue weighted by Gasteiger charge is 2.27. The summed E-state index contributed by atoms with van der Waals surface area (Å²) in [5, 5.41) is 4.01. The van der Waals surface area contributed by atoms with E-state index in [1.807, 2.05) is 26.8 Å². The molecule has 1 N–H and O–H groups in total. The van der Waals surface area contributed by atoms with Crippen molar-refractivity contribution in [3.63, 3.8) is 0 Å². The van der Waals surface area contributed by atoms with E-state index in [1.54, 1.807) is 42.5 Å². The number of anilines is 1. The molecule has 3 aromatic rings. The van der Waals surface area contributed by atoms with E-state index in [0.717, 1.165) is 21.0 Å². The average Bonchev–Trinajstić information content (AvgIpc) is 2.85. The molecule has 0 radical (unpaired) electrons. The van der Waals surface area contributed by atoms with E-state index in [2.05, 4.69) is 10.5 Å². The standard InChI is InChI=1S/C26H27N3O5S/c1-18-7-11-23(12-8-18)35(31,32)29(22-10-9-19(2)20(3)15-22)17-25(30)28-27-16-21-5-4-6-24-26(21)34-14-13-33-24/h4-12,15-16H,13-14,17H2,1-3H3,(H,28,30)/b27-16-. The van der Waals surface area contributed by atoms with E-state index in [9.17, 15) is 13.2 Å². The molecule has 0 saturated heterocycles. The maximum absolute atomic E-state index is 13.5. The molecule has 0 unspecified atom stereocenters. The first kappa shape index (κ1) is 24.3. The number of nitrogens with zero attached hydrogens (tertiary/aromatic N) is 2. The summed E-state index contributed by atoms with van der Waals surface area (Å²) in [6, 6.07) is 17.2. The van der Waals surface area contributed by atoms with Crippen molar-refractivity contribution < 1.29 is 22.7 Å². The summed E-state index contributed by atoms with van der Waals surface area (Å²) < 4.78 is 39.3. The van der Waals surface area contributed by atoms with Gasteiger partial charge in [-0.1, -0.05) is 29.8 Å². The van der Waals surface area contributed by atoms with Crippen LogP contribution in [0.25, 0.3) is 0 Å². The van der Waals surface area contributed by atoms with Crippen LogP contribution in [0.4, 0.5) is 5.69 Å². The summed E-state index contributed by atoms with van der Waals surface area (Å²) >= 11 is 0. The second-order valence-corrected chi connectivity index (χ2v) is 10.1. The topological polar surface area (TPSA) is 97.3 Å². The number of aryl methyl sites for hydroxylation is 3. The number of amides is 1. The first-order chi connectivity index (χ1) is 16.8. The highest BCUT2D eigenvalue weighted by atomic mass is 32.2. The summed E-state index contributed by atoms with van der Waals surface area (Å²) in [5.41, 5.74) is 6.34. The number of sulfonamides is 1. The maximum atomic E-state index is 13.5. The van der Waals surface area contributed by atoms with Crippen LogP contribution in [0.3, 0.4) is 0 Å². The highest BCUT2D eigenvalue weighted by Crippen LogP contribution is 2.32. The van der Waals surface area contributed by atoms with Gasteiger partial charge >= 0.3 is 0 Å². The zero-order valence-electron chi connectivity index (χ0n) is 19.8. The Labute approximate surface area is 205 Å². The van der Waals surface area contributed by atoms with Gasteiger partial charge in [-0.05, 0) is 68.3 Å². The largest absolute Gasteiger partial charge is 0.486 e. The molecular formula is C26H27N3O5S. The molecule has 1 aliphatic heterocycles. The van der Waals surface area contributed by atoms with Crippen LogP contribution in [0.1, 0.15) is 22.3 Å². The lowest BCUT2D eigenvalue weighted by molar-refractivity contribution is -0.119. The molecule has 0 bridgehead atoms. The van der Waals surface area contributed by atoms with Crippen LogP contribution in [-0.2, 0) is 14.8 Å². The lowest BCUT2D eigenvalue weighted by Crippen LogP contribution is -2.39. The fourth-order valence-electron chi connectivity index (χ4n) is 3.57. The van der Waals surface area contributed by atoms with Gasteiger partial charge in [0.25, 0.3) is 15.9 Å². The highest BCUT2D eigenvalue weighted by molar-refractivity contribution is 7.92. The van der Waals surface area contributed by atoms with Crippen LogP contribution in [0, 0.1) is 20.8 Å². The molecule has 0 aliphatic carbocycles. The van der Waals surface area contributed by atoms with Crippen LogP contribution in [0.2, 0.25) is 0 Å². The van der Waals surface area contributed by atoms with Crippen molar-refractivity contribution in [2.24, 2.45) is 5.10 Å². The first-order valence-corrected chi connectivity index (χ1v) is 12.6. The molecule has 9 heteroatoms. The third-order valence-electron chi connectivity index (χ3n) is 5.66. The number of rotatable bonds is 7. The van der Waals surface area contributed by atoms with Gasteiger partial charge in [-0.15, -0.1) is 0 Å². The van der Waals surface area contributed by atoms with E-state index >= 15 is 0 Å². The molecule has 0 fully saturated rings. The predicted octanol–water partition coefficient (Wildman–Crippen LogP) is 3.73. The summed E-state index contributed by atoms with van der Waals surface area (Å²) in [7, 11) is -4.00. The van der Waals surface area contributed by atoms with Crippen LogP contribution in [0.5, 0.6) is 11.5 Å². The van der Waals surface area contributed by atoms with E-state index in [0.29, 0.717) is 36.0 Å². The molecule has 1 heterocycles. The van der Waals surface area contributed by atoms with Gasteiger partial charge in [0, 0.05) is 5.56 Å². The van der Waals surface area contributed by atoms with Crippen molar-refractivity contribution >= 4 is 27.8 Å². The maximum Gasteiger partial charge on any atom is 0.264 e. The fourth-order valence-corrected chi connectivity index (χ4v) is 4.98. The number of carbonyl (C=O) groups excluding carboxylic acids is 1. The van der Waals surface area contributed by atoms with Gasteiger partial charge in [0.1, 0.15) is 19.8 Å². The summed E-state index contributed by atoms with van der Waals surface area (Å²) in [6.45, 7) is 6.16. The zero-order valence-corrected chi connectivity index (χ0v) is 20.6. The number of ether oxygens (including phenoxy) is 2. The number of carbonyl (C=O) groups is 1. The minimum Gasteiger partial charge on any atom is -0.486 e. The molecule has 35 heavy (non-hydrogen) atoms. The average molecular weight is 494 g/mol. The third kappa shape index (κ3) is 5.46. The second kappa shape index (κ2) is 10.2. The van der Waals surface area contributed by atoms with E-state index < -0.39 is 22.5 Å². The SMILES string of the molecule is Cc1ccc(S(=O)(=O)N(CC(=O)N/N=C\c2cccc3c2OCCO3)c2ccc(C)c(C)c2)cc1. The number of para-hydroxylation sites is 1. The van der Waals surface area contributed by atoms with Crippen molar-refractivity contribution in [2.75, 3.05) is 24.1 Å². The Bertz CT molecular complexity index is 1370. The minimum absolute atomic E-state index is 0.102. The van der Waals surface area contributed by atoms with Crippen molar-refractivity contribution in [3.05, 3.63) is 82.9 Å². The second-order valence-electron chi connectivity index (χ2n) is 8.26. The molecular weight excluding hydrogens is 466 g/mol. The van der Waals surface area contributed by atoms with Crippen molar-refractivity contribution in [2.45, 2.75) is 25.7 Å². The minimum atomic E-state index is -4.00. The smallest absolute Gasteiger partial charge is 0.264 e. The van der Waals surface area contributed by atoms with Crippen molar-refractivity contribution in [1.29, 1.82) is 0 Å². The molecule has 182 valence electrons. The quantitative estimate of drug-likeness (QED) is 0.400. The van der Waals surface area contributed by atoms with Gasteiger partial charge in [0.05, 0.1) is 16.8 Å². The van der Waals surface area contributed by atoms with Gasteiger partial charge in [-0.25, -0.2) is 13.8 Å². The zero-order chi connectivity index (χ0) is 25.0.